The fourth-order valence-electron chi connectivity index (χ4n) is 5.53. The summed E-state index contributed by atoms with van der Waals surface area (Å²) in [7, 11) is 0. The van der Waals surface area contributed by atoms with Crippen molar-refractivity contribution >= 4 is 46.7 Å². The highest BCUT2D eigenvalue weighted by atomic mass is 35.5. The summed E-state index contributed by atoms with van der Waals surface area (Å²) < 4.78 is 20.2. The molecule has 2 amide bonds. The van der Waals surface area contributed by atoms with Crippen LogP contribution in [0.25, 0.3) is 0 Å². The van der Waals surface area contributed by atoms with Gasteiger partial charge in [-0.1, -0.05) is 30.7 Å². The van der Waals surface area contributed by atoms with Crippen LogP contribution >= 0.6 is 22.9 Å². The van der Waals surface area contributed by atoms with Crippen LogP contribution < -0.4 is 5.32 Å². The van der Waals surface area contributed by atoms with Crippen LogP contribution in [0.15, 0.2) is 46.0 Å². The molecule has 0 spiro atoms. The minimum Gasteiger partial charge on any atom is -0.481 e. The number of hydrogen-bond donors (Lipinski definition) is 2. The van der Waals surface area contributed by atoms with E-state index < -0.39 is 29.2 Å². The lowest BCUT2D eigenvalue weighted by molar-refractivity contribution is -0.147. The maximum atomic E-state index is 14.6. The van der Waals surface area contributed by atoms with Crippen LogP contribution in [0.4, 0.5) is 9.18 Å². The quantitative estimate of drug-likeness (QED) is 0.379. The molecule has 1 aromatic carbocycles. The Balaban J connectivity index is 1.46. The number of thiazole rings is 1. The number of amidine groups is 1. The molecular formula is C29H34ClFN6O5S. The first-order valence-corrected chi connectivity index (χ1v) is 15.4. The van der Waals surface area contributed by atoms with Crippen molar-refractivity contribution in [1.29, 1.82) is 0 Å². The van der Waals surface area contributed by atoms with Crippen LogP contribution in [0.5, 0.6) is 0 Å². The Morgan fingerprint density at radius 2 is 2.07 bits per heavy atom. The van der Waals surface area contributed by atoms with Crippen LogP contribution in [-0.4, -0.2) is 101 Å². The highest BCUT2D eigenvalue weighted by Crippen LogP contribution is 2.38. The van der Waals surface area contributed by atoms with E-state index in [-0.39, 0.29) is 35.8 Å². The number of carbonyl (C=O) groups is 3. The predicted molar refractivity (Wildman–Crippen MR) is 160 cm³/mol. The van der Waals surface area contributed by atoms with Crippen molar-refractivity contribution in [2.45, 2.75) is 39.3 Å². The van der Waals surface area contributed by atoms with Crippen molar-refractivity contribution < 1.29 is 28.6 Å². The second kappa shape index (κ2) is 12.6. The highest BCUT2D eigenvalue weighted by molar-refractivity contribution is 7.11. The van der Waals surface area contributed by atoms with Gasteiger partial charge in [0.15, 0.2) is 10.8 Å². The molecule has 3 aliphatic heterocycles. The van der Waals surface area contributed by atoms with E-state index in [9.17, 15) is 23.9 Å². The van der Waals surface area contributed by atoms with Crippen molar-refractivity contribution in [3.63, 3.8) is 0 Å². The molecule has 43 heavy (non-hydrogen) atoms. The number of carboxylic acid groups (broad SMARTS) is 1. The number of aliphatic carboxylic acids is 1. The number of amides is 2. The zero-order valence-corrected chi connectivity index (χ0v) is 25.8. The van der Waals surface area contributed by atoms with Gasteiger partial charge >= 0.3 is 18.0 Å². The van der Waals surface area contributed by atoms with E-state index in [0.29, 0.717) is 61.2 Å². The number of halogens is 2. The smallest absolute Gasteiger partial charge is 0.338 e. The Morgan fingerprint density at radius 3 is 2.77 bits per heavy atom. The molecule has 3 aliphatic rings. The number of rotatable bonds is 10. The molecule has 0 saturated carbocycles. The molecular weight excluding hydrogens is 599 g/mol. The van der Waals surface area contributed by atoms with Gasteiger partial charge in [0.2, 0.25) is 0 Å². The van der Waals surface area contributed by atoms with Crippen molar-refractivity contribution in [3.05, 3.63) is 62.5 Å². The maximum Gasteiger partial charge on any atom is 0.338 e. The Morgan fingerprint density at radius 1 is 1.28 bits per heavy atom. The van der Waals surface area contributed by atoms with E-state index in [0.717, 1.165) is 0 Å². The van der Waals surface area contributed by atoms with Gasteiger partial charge in [-0.25, -0.2) is 19.0 Å². The maximum absolute atomic E-state index is 14.6. The fraction of sp³-hybridized carbons (Fsp3) is 0.483. The van der Waals surface area contributed by atoms with E-state index in [2.05, 4.69) is 15.2 Å². The first-order valence-electron chi connectivity index (χ1n) is 14.1. The third kappa shape index (κ3) is 6.38. The number of hydrogen-bond acceptors (Lipinski definition) is 9. The number of urea groups is 1. The molecule has 5 rings (SSSR count). The summed E-state index contributed by atoms with van der Waals surface area (Å²) in [6, 6.07) is 3.17. The van der Waals surface area contributed by atoms with E-state index in [1.54, 1.807) is 35.9 Å². The molecule has 2 fully saturated rings. The van der Waals surface area contributed by atoms with Gasteiger partial charge in [0.25, 0.3) is 0 Å². The molecule has 1 aromatic heterocycles. The molecule has 2 saturated heterocycles. The summed E-state index contributed by atoms with van der Waals surface area (Å²) in [5, 5.41) is 15.2. The normalized spacial score (nSPS) is 21.0. The monoisotopic (exact) mass is 632 g/mol. The number of carbonyl (C=O) groups excluding carboxylic acids is 2. The number of ether oxygens (including phenoxy) is 1. The lowest BCUT2D eigenvalue weighted by Crippen LogP contribution is -2.53. The zero-order valence-electron chi connectivity index (χ0n) is 24.2. The first kappa shape index (κ1) is 30.9. The minimum atomic E-state index is -1.08. The summed E-state index contributed by atoms with van der Waals surface area (Å²) in [6.07, 6.45) is 2.27. The lowest BCUT2D eigenvalue weighted by atomic mass is 9.93. The molecule has 14 heteroatoms. The lowest BCUT2D eigenvalue weighted by Gasteiger charge is -2.38. The average Bonchev–Trinajstić information content (AvgIpc) is 3.61. The summed E-state index contributed by atoms with van der Waals surface area (Å²) in [5.74, 6) is -1.73. The van der Waals surface area contributed by atoms with Crippen molar-refractivity contribution in [2.24, 2.45) is 10.4 Å². The molecule has 2 aromatic rings. The standard InChI is InChI=1S/C29H34ClFN6O5S/c1-4-11-42-26(38)21-20(15-35-9-10-37-17(13-35)14-36(28(37)41)16-29(2,3)27(39)40)33-24(25-32-8-12-43-25)34-23(21)18-6-5-7-19(31)22(18)30/h5-8,12,17,23H,4,9-11,13-16H2,1-3H3,(H,33,34)(H,39,40). The predicted octanol–water partition coefficient (Wildman–Crippen LogP) is 3.77. The number of esters is 1. The number of aliphatic imine (C=N–C) groups is 1. The van der Waals surface area contributed by atoms with Crippen molar-refractivity contribution in [3.8, 4) is 0 Å². The van der Waals surface area contributed by atoms with E-state index in [4.69, 9.17) is 21.3 Å². The highest BCUT2D eigenvalue weighted by Gasteiger charge is 2.44. The number of fused-ring (bicyclic) bond motifs is 1. The van der Waals surface area contributed by atoms with Gasteiger partial charge in [-0.05, 0) is 26.3 Å². The van der Waals surface area contributed by atoms with Crippen LogP contribution in [0.3, 0.4) is 0 Å². The Kier molecular flexibility index (Phi) is 9.04. The van der Waals surface area contributed by atoms with Gasteiger partial charge in [-0.15, -0.1) is 11.3 Å². The number of nitrogens with one attached hydrogen (secondary N) is 1. The summed E-state index contributed by atoms with van der Waals surface area (Å²) in [4.78, 5) is 53.0. The second-order valence-corrected chi connectivity index (χ2v) is 12.7. The number of piperazine rings is 1. The first-order chi connectivity index (χ1) is 20.5. The van der Waals surface area contributed by atoms with Gasteiger partial charge in [-0.2, -0.15) is 0 Å². The molecule has 11 nitrogen and oxygen atoms in total. The average molecular weight is 633 g/mol. The Labute approximate surface area is 258 Å². The van der Waals surface area contributed by atoms with Crippen LogP contribution in [-0.2, 0) is 14.3 Å². The molecule has 2 N–H and O–H groups in total. The summed E-state index contributed by atoms with van der Waals surface area (Å²) >= 11 is 7.79. The molecule has 4 heterocycles. The van der Waals surface area contributed by atoms with Crippen LogP contribution in [0, 0.1) is 11.2 Å². The van der Waals surface area contributed by atoms with E-state index in [1.165, 1.54) is 23.5 Å². The van der Waals surface area contributed by atoms with Crippen LogP contribution in [0.2, 0.25) is 5.02 Å². The third-order valence-electron chi connectivity index (χ3n) is 7.76. The Bertz CT molecular complexity index is 1470. The number of nitrogens with zero attached hydrogens (tertiary/aromatic N) is 5. The van der Waals surface area contributed by atoms with Crippen LogP contribution in [0.1, 0.15) is 43.8 Å². The summed E-state index contributed by atoms with van der Waals surface area (Å²) in [5.41, 5.74) is 0.0261. The molecule has 0 aliphatic carbocycles. The van der Waals surface area contributed by atoms with Gasteiger partial charge in [0.1, 0.15) is 11.9 Å². The summed E-state index contributed by atoms with van der Waals surface area (Å²) in [6.45, 7) is 7.59. The van der Waals surface area contributed by atoms with Gasteiger partial charge < -0.3 is 25.0 Å². The van der Waals surface area contributed by atoms with Crippen molar-refractivity contribution in [2.75, 3.05) is 45.9 Å². The van der Waals surface area contributed by atoms with Gasteiger partial charge in [0, 0.05) is 62.1 Å². The SMILES string of the molecule is CCCOC(=O)C1=C(CN2CCN3C(=O)N(CC(C)(C)C(=O)O)CC3C2)NC(c2nccs2)=NC1c1cccc(F)c1Cl. The minimum absolute atomic E-state index is 0.109. The number of carboxylic acids is 1. The van der Waals surface area contributed by atoms with E-state index in [1.807, 2.05) is 12.3 Å². The third-order valence-corrected chi connectivity index (χ3v) is 8.93. The molecule has 0 bridgehead atoms. The second-order valence-electron chi connectivity index (χ2n) is 11.4. The zero-order chi connectivity index (χ0) is 30.9. The Hall–Kier alpha value is -3.55. The molecule has 2 unspecified atom stereocenters. The number of aromatic nitrogens is 1. The molecule has 0 radical (unpaired) electrons. The van der Waals surface area contributed by atoms with Gasteiger partial charge in [-0.3, -0.25) is 14.7 Å². The van der Waals surface area contributed by atoms with Gasteiger partial charge in [0.05, 0.1) is 28.7 Å². The topological polar surface area (TPSA) is 128 Å². The van der Waals surface area contributed by atoms with E-state index >= 15 is 0 Å². The largest absolute Gasteiger partial charge is 0.481 e. The molecule has 230 valence electrons. The number of benzene rings is 1. The van der Waals surface area contributed by atoms with Crippen molar-refractivity contribution in [1.82, 2.24) is 25.0 Å². The fourth-order valence-corrected chi connectivity index (χ4v) is 6.34. The molecule has 2 atom stereocenters.